The fourth-order valence-corrected chi connectivity index (χ4v) is 3.09. The number of benzene rings is 2. The largest absolute Gasteiger partial charge is 0.367 e. The molecular weight excluding hydrogens is 419 g/mol. The van der Waals surface area contributed by atoms with E-state index in [2.05, 4.69) is 10.4 Å². The van der Waals surface area contributed by atoms with Crippen molar-refractivity contribution in [2.75, 3.05) is 5.32 Å². The molecule has 0 atom stereocenters. The number of nitrogens with zero attached hydrogens (tertiary/aromatic N) is 2. The lowest BCUT2D eigenvalue weighted by atomic mass is 10.0. The Morgan fingerprint density at radius 2 is 1.81 bits per heavy atom. The third kappa shape index (κ3) is 4.08. The predicted molar refractivity (Wildman–Crippen MR) is 103 cm³/mol. The Hall–Kier alpha value is -2.15. The monoisotopic (exact) mass is 429 g/mol. The first-order valence-electron chi connectivity index (χ1n) is 7.64. The number of hydrogen-bond donors (Lipinski definition) is 1. The van der Waals surface area contributed by atoms with E-state index < -0.39 is 17.0 Å². The van der Waals surface area contributed by atoms with Crippen molar-refractivity contribution in [1.82, 2.24) is 9.78 Å². The van der Waals surface area contributed by atoms with Gasteiger partial charge in [0.2, 0.25) is 0 Å². The number of hydrogen-bond acceptors (Lipinski definition) is 2. The highest BCUT2D eigenvalue weighted by Gasteiger charge is 2.37. The first kappa shape index (κ1) is 19.6. The minimum Gasteiger partial charge on any atom is -0.320 e. The van der Waals surface area contributed by atoms with Crippen LogP contribution in [0.3, 0.4) is 0 Å². The fourth-order valence-electron chi connectivity index (χ4n) is 2.58. The summed E-state index contributed by atoms with van der Waals surface area (Å²) in [6.07, 6.45) is 1.15. The molecule has 0 aliphatic heterocycles. The highest BCUT2D eigenvalue weighted by atomic mass is 35.5. The Morgan fingerprint density at radius 1 is 1.15 bits per heavy atom. The van der Waals surface area contributed by atoms with Crippen LogP contribution in [-0.4, -0.2) is 15.7 Å². The number of alkyl halides is 3. The van der Waals surface area contributed by atoms with Crippen molar-refractivity contribution in [2.24, 2.45) is 7.05 Å². The standard InChI is InChI=1S/C18H12Cl3F2N3O/c1-26-9-12(16(25-26)18(21,22)23)17(27)24-15-11(7-8-13(19)14(15)20)10-5-3-2-4-6-10/h2-9H,1H3,(H,24,27). The number of halogens is 5. The Kier molecular flexibility index (Phi) is 5.42. The van der Waals surface area contributed by atoms with Gasteiger partial charge < -0.3 is 5.32 Å². The average molecular weight is 431 g/mol. The maximum Gasteiger partial charge on any atom is 0.367 e. The molecule has 140 valence electrons. The molecule has 1 heterocycles. The summed E-state index contributed by atoms with van der Waals surface area (Å²) >= 11 is 17.4. The van der Waals surface area contributed by atoms with Crippen LogP contribution in [0.15, 0.2) is 48.7 Å². The van der Waals surface area contributed by atoms with E-state index in [-0.39, 0.29) is 21.3 Å². The van der Waals surface area contributed by atoms with Crippen LogP contribution in [-0.2, 0) is 12.4 Å². The number of anilines is 1. The highest BCUT2D eigenvalue weighted by molar-refractivity contribution is 6.44. The fraction of sp³-hybridized carbons (Fsp3) is 0.111. The van der Waals surface area contributed by atoms with Gasteiger partial charge in [-0.15, -0.1) is 0 Å². The predicted octanol–water partition coefficient (Wildman–Crippen LogP) is 5.93. The lowest BCUT2D eigenvalue weighted by Crippen LogP contribution is -2.18. The van der Waals surface area contributed by atoms with Crippen LogP contribution in [0.5, 0.6) is 0 Å². The number of rotatable bonds is 4. The molecule has 0 radical (unpaired) electrons. The number of carbonyl (C=O) groups excluding carboxylic acids is 1. The number of amides is 1. The van der Waals surface area contributed by atoms with E-state index in [0.29, 0.717) is 5.56 Å². The zero-order valence-corrected chi connectivity index (χ0v) is 16.1. The summed E-state index contributed by atoms with van der Waals surface area (Å²) in [5.41, 5.74) is 0.339. The summed E-state index contributed by atoms with van der Waals surface area (Å²) < 4.78 is 28.2. The molecule has 1 amide bonds. The second-order valence-corrected chi connectivity index (χ2v) is 6.93. The molecule has 27 heavy (non-hydrogen) atoms. The quantitative estimate of drug-likeness (QED) is 0.521. The van der Waals surface area contributed by atoms with Gasteiger partial charge in [0.1, 0.15) is 0 Å². The van der Waals surface area contributed by atoms with Crippen molar-refractivity contribution in [3.63, 3.8) is 0 Å². The highest BCUT2D eigenvalue weighted by Crippen LogP contribution is 2.39. The average Bonchev–Trinajstić information content (AvgIpc) is 3.02. The van der Waals surface area contributed by atoms with Gasteiger partial charge in [-0.1, -0.05) is 59.6 Å². The minimum atomic E-state index is -3.80. The zero-order chi connectivity index (χ0) is 19.8. The Morgan fingerprint density at radius 3 is 2.44 bits per heavy atom. The van der Waals surface area contributed by atoms with Crippen molar-refractivity contribution in [2.45, 2.75) is 5.38 Å². The molecule has 1 aromatic heterocycles. The van der Waals surface area contributed by atoms with Crippen LogP contribution >= 0.6 is 34.8 Å². The first-order chi connectivity index (χ1) is 12.7. The topological polar surface area (TPSA) is 46.9 Å². The lowest BCUT2D eigenvalue weighted by Gasteiger charge is -2.15. The van der Waals surface area contributed by atoms with Crippen LogP contribution in [0.2, 0.25) is 10.0 Å². The van der Waals surface area contributed by atoms with Gasteiger partial charge in [-0.3, -0.25) is 9.48 Å². The van der Waals surface area contributed by atoms with E-state index >= 15 is 0 Å². The molecule has 3 aromatic rings. The smallest absolute Gasteiger partial charge is 0.320 e. The maximum atomic E-state index is 13.6. The molecule has 1 N–H and O–H groups in total. The van der Waals surface area contributed by atoms with Crippen LogP contribution < -0.4 is 5.32 Å². The molecule has 0 spiro atoms. The molecule has 9 heteroatoms. The van der Waals surface area contributed by atoms with Gasteiger partial charge in [0.05, 0.1) is 21.3 Å². The molecule has 2 aromatic carbocycles. The molecule has 0 saturated heterocycles. The summed E-state index contributed by atoms with van der Waals surface area (Å²) in [6.45, 7) is 0. The molecule has 3 rings (SSSR count). The van der Waals surface area contributed by atoms with Gasteiger partial charge in [0, 0.05) is 18.8 Å². The van der Waals surface area contributed by atoms with Crippen molar-refractivity contribution in [3.05, 3.63) is 70.0 Å². The molecule has 0 fully saturated rings. The number of aromatic nitrogens is 2. The van der Waals surface area contributed by atoms with Crippen LogP contribution in [0.25, 0.3) is 11.1 Å². The zero-order valence-electron chi connectivity index (χ0n) is 13.8. The summed E-state index contributed by atoms with van der Waals surface area (Å²) in [5, 5.41) is 2.64. The van der Waals surface area contributed by atoms with Gasteiger partial charge in [0.25, 0.3) is 5.91 Å². The van der Waals surface area contributed by atoms with Crippen molar-refractivity contribution >= 4 is 46.4 Å². The first-order valence-corrected chi connectivity index (χ1v) is 8.77. The SMILES string of the molecule is Cn1cc(C(=O)Nc2c(-c3ccccc3)ccc(Cl)c2Cl)c(C(F)(F)Cl)n1. The molecule has 0 unspecified atom stereocenters. The van der Waals surface area contributed by atoms with E-state index in [1.807, 2.05) is 30.3 Å². The summed E-state index contributed by atoms with van der Waals surface area (Å²) in [7, 11) is 1.41. The third-order valence-corrected chi connectivity index (χ3v) is 4.74. The van der Waals surface area contributed by atoms with Crippen LogP contribution in [0.4, 0.5) is 14.5 Å². The van der Waals surface area contributed by atoms with Crippen molar-refractivity contribution in [3.8, 4) is 11.1 Å². The van der Waals surface area contributed by atoms with Gasteiger partial charge in [0.15, 0.2) is 5.69 Å². The summed E-state index contributed by atoms with van der Waals surface area (Å²) in [5.74, 6) is -0.834. The van der Waals surface area contributed by atoms with Crippen molar-refractivity contribution < 1.29 is 13.6 Å². The Balaban J connectivity index is 2.06. The molecule has 0 bridgehead atoms. The summed E-state index contributed by atoms with van der Waals surface area (Å²) in [4.78, 5) is 12.7. The third-order valence-electron chi connectivity index (χ3n) is 3.76. The van der Waals surface area contributed by atoms with E-state index in [1.165, 1.54) is 7.05 Å². The Bertz CT molecular complexity index is 1000. The van der Waals surface area contributed by atoms with E-state index in [0.717, 1.165) is 16.4 Å². The lowest BCUT2D eigenvalue weighted by molar-refractivity contribution is 0.0849. The number of aryl methyl sites for hydroxylation is 1. The van der Waals surface area contributed by atoms with E-state index in [9.17, 15) is 13.6 Å². The van der Waals surface area contributed by atoms with E-state index in [4.69, 9.17) is 34.8 Å². The van der Waals surface area contributed by atoms with Crippen LogP contribution in [0, 0.1) is 0 Å². The second kappa shape index (κ2) is 7.46. The van der Waals surface area contributed by atoms with Gasteiger partial charge >= 0.3 is 5.38 Å². The number of nitrogens with one attached hydrogen (secondary N) is 1. The van der Waals surface area contributed by atoms with E-state index in [1.54, 1.807) is 12.1 Å². The molecular formula is C18H12Cl3F2N3O. The van der Waals surface area contributed by atoms with Gasteiger partial charge in [-0.05, 0) is 23.2 Å². The van der Waals surface area contributed by atoms with Crippen molar-refractivity contribution in [1.29, 1.82) is 0 Å². The number of carbonyl (C=O) groups is 1. The molecule has 0 aliphatic carbocycles. The van der Waals surface area contributed by atoms with Crippen LogP contribution in [0.1, 0.15) is 16.1 Å². The minimum absolute atomic E-state index is 0.0921. The maximum absolute atomic E-state index is 13.6. The summed E-state index contributed by atoms with van der Waals surface area (Å²) in [6, 6.07) is 12.4. The molecule has 0 aliphatic rings. The normalized spacial score (nSPS) is 11.5. The second-order valence-electron chi connectivity index (χ2n) is 5.67. The van der Waals surface area contributed by atoms with Gasteiger partial charge in [-0.2, -0.15) is 13.9 Å². The van der Waals surface area contributed by atoms with Gasteiger partial charge in [-0.25, -0.2) is 0 Å². The Labute approximate surface area is 168 Å². The molecule has 0 saturated carbocycles. The molecule has 4 nitrogen and oxygen atoms in total.